The van der Waals surface area contributed by atoms with Crippen LogP contribution in [0.5, 0.6) is 11.5 Å². The van der Waals surface area contributed by atoms with E-state index in [1.54, 1.807) is 37.3 Å². The Hall–Kier alpha value is -2.85. The second kappa shape index (κ2) is 10.0. The molecule has 2 aromatic carbocycles. The number of ether oxygens (including phenoxy) is 2. The van der Waals surface area contributed by atoms with E-state index in [1.807, 2.05) is 31.2 Å². The van der Waals surface area contributed by atoms with Gasteiger partial charge in [-0.1, -0.05) is 36.9 Å². The highest BCUT2D eigenvalue weighted by Gasteiger charge is 2.06. The summed E-state index contributed by atoms with van der Waals surface area (Å²) in [5.41, 5.74) is 2.52. The highest BCUT2D eigenvalue weighted by Crippen LogP contribution is 2.25. The molecular formula is C20H22O4. The van der Waals surface area contributed by atoms with Gasteiger partial charge in [0.05, 0.1) is 0 Å². The summed E-state index contributed by atoms with van der Waals surface area (Å²) < 4.78 is 10.1. The van der Waals surface area contributed by atoms with Gasteiger partial charge in [-0.25, -0.2) is 0 Å². The van der Waals surface area contributed by atoms with E-state index in [4.69, 9.17) is 9.47 Å². The van der Waals surface area contributed by atoms with E-state index in [-0.39, 0.29) is 0 Å². The zero-order chi connectivity index (χ0) is 17.9. The molecular weight excluding hydrogens is 304 g/mol. The summed E-state index contributed by atoms with van der Waals surface area (Å²) in [5, 5.41) is 9.58. The molecule has 1 unspecified atom stereocenters. The van der Waals surface area contributed by atoms with Gasteiger partial charge in [-0.2, -0.15) is 0 Å². The van der Waals surface area contributed by atoms with Crippen LogP contribution in [0, 0.1) is 0 Å². The Kier molecular flexibility index (Phi) is 8.02. The smallest absolute Gasteiger partial charge is 0.298 e. The first-order chi connectivity index (χ1) is 11.5. The fourth-order valence-corrected chi connectivity index (χ4v) is 1.74. The molecule has 1 N–H and O–H groups in total. The average molecular weight is 326 g/mol. The van der Waals surface area contributed by atoms with Crippen LogP contribution in [0.15, 0.2) is 73.3 Å². The van der Waals surface area contributed by atoms with Crippen LogP contribution in [0.4, 0.5) is 0 Å². The average Bonchev–Trinajstić information content (AvgIpc) is 2.57. The Morgan fingerprint density at radius 1 is 1.04 bits per heavy atom. The Morgan fingerprint density at radius 2 is 1.46 bits per heavy atom. The van der Waals surface area contributed by atoms with E-state index in [0.29, 0.717) is 23.5 Å². The molecule has 0 fully saturated rings. The number of hydrogen-bond donors (Lipinski definition) is 1. The van der Waals surface area contributed by atoms with Crippen LogP contribution in [-0.4, -0.2) is 17.9 Å². The van der Waals surface area contributed by atoms with E-state index < -0.39 is 6.29 Å². The summed E-state index contributed by atoms with van der Waals surface area (Å²) in [4.78, 5) is 10.2. The molecule has 0 aliphatic rings. The van der Waals surface area contributed by atoms with Crippen LogP contribution in [0.3, 0.4) is 0 Å². The van der Waals surface area contributed by atoms with Crippen molar-refractivity contribution in [3.8, 4) is 22.6 Å². The molecule has 2 rings (SSSR count). The maximum Gasteiger partial charge on any atom is 0.298 e. The van der Waals surface area contributed by atoms with Crippen molar-refractivity contribution < 1.29 is 19.4 Å². The number of carbonyl (C=O) groups is 1. The van der Waals surface area contributed by atoms with Crippen LogP contribution in [0.25, 0.3) is 11.1 Å². The summed E-state index contributed by atoms with van der Waals surface area (Å²) in [6, 6.07) is 14.5. The predicted octanol–water partition coefficient (Wildman–Crippen LogP) is 4.35. The van der Waals surface area contributed by atoms with Gasteiger partial charge in [-0.05, 0) is 54.8 Å². The summed E-state index contributed by atoms with van der Waals surface area (Å²) >= 11 is 0. The van der Waals surface area contributed by atoms with Gasteiger partial charge in [-0.3, -0.25) is 4.79 Å². The minimum atomic E-state index is -1.00. The third-order valence-corrected chi connectivity index (χ3v) is 2.90. The van der Waals surface area contributed by atoms with E-state index >= 15 is 0 Å². The van der Waals surface area contributed by atoms with E-state index in [0.717, 1.165) is 11.1 Å². The number of benzene rings is 2. The Labute approximate surface area is 142 Å². The van der Waals surface area contributed by atoms with Gasteiger partial charge in [0.2, 0.25) is 6.29 Å². The molecule has 4 heteroatoms. The van der Waals surface area contributed by atoms with Crippen molar-refractivity contribution in [3.63, 3.8) is 0 Å². The summed E-state index contributed by atoms with van der Waals surface area (Å²) in [6.45, 7) is 11.0. The van der Waals surface area contributed by atoms with Crippen molar-refractivity contribution in [3.05, 3.63) is 73.3 Å². The van der Waals surface area contributed by atoms with Crippen LogP contribution < -0.4 is 9.47 Å². The maximum absolute atomic E-state index is 10.2. The van der Waals surface area contributed by atoms with E-state index in [1.165, 1.54) is 0 Å². The van der Waals surface area contributed by atoms with Gasteiger partial charge < -0.3 is 14.6 Å². The van der Waals surface area contributed by atoms with E-state index in [9.17, 15) is 9.90 Å². The number of hydrogen-bond acceptors (Lipinski definition) is 4. The first-order valence-electron chi connectivity index (χ1n) is 7.39. The molecule has 0 radical (unpaired) electrons. The topological polar surface area (TPSA) is 55.8 Å². The molecule has 0 saturated heterocycles. The second-order valence-corrected chi connectivity index (χ2v) is 4.99. The fraction of sp³-hybridized carbons (Fsp3) is 0.150. The molecule has 0 amide bonds. The summed E-state index contributed by atoms with van der Waals surface area (Å²) in [6.07, 6.45) is 0.746. The molecule has 4 nitrogen and oxygen atoms in total. The number of rotatable bonds is 6. The summed E-state index contributed by atoms with van der Waals surface area (Å²) in [5.74, 6) is 1.06. The van der Waals surface area contributed by atoms with Gasteiger partial charge in [0.1, 0.15) is 11.5 Å². The molecule has 1 atom stereocenters. The van der Waals surface area contributed by atoms with Gasteiger partial charge in [0.25, 0.3) is 6.47 Å². The van der Waals surface area contributed by atoms with Gasteiger partial charge in [0.15, 0.2) is 0 Å². The van der Waals surface area contributed by atoms with Crippen LogP contribution >= 0.6 is 0 Å². The molecule has 126 valence electrons. The quantitative estimate of drug-likeness (QED) is 0.487. The zero-order valence-corrected chi connectivity index (χ0v) is 13.9. The predicted molar refractivity (Wildman–Crippen MR) is 95.9 cm³/mol. The van der Waals surface area contributed by atoms with Gasteiger partial charge in [0, 0.05) is 0 Å². The van der Waals surface area contributed by atoms with Crippen LogP contribution in [0.2, 0.25) is 0 Å². The molecule has 0 heterocycles. The largest absolute Gasteiger partial charge is 0.461 e. The number of allylic oxidation sites excluding steroid dienone is 1. The highest BCUT2D eigenvalue weighted by molar-refractivity contribution is 5.65. The molecule has 0 bridgehead atoms. The molecule has 0 aliphatic heterocycles. The van der Waals surface area contributed by atoms with Crippen molar-refractivity contribution in [1.82, 2.24) is 0 Å². The monoisotopic (exact) mass is 326 g/mol. The standard InChI is InChI=1S/C17H16O4.C3H6/c1-12(2)17(19)21-16-9-5-14(6-10-16)13-3-7-15(8-4-13)20-11-18;1-3-2/h3-11,17,19H,1H2,2H3;3H,1H2,2H3. The second-order valence-electron chi connectivity index (χ2n) is 4.99. The molecule has 0 aromatic heterocycles. The molecule has 0 aliphatic carbocycles. The minimum absolute atomic E-state index is 0.397. The van der Waals surface area contributed by atoms with Crippen molar-refractivity contribution in [2.75, 3.05) is 0 Å². The van der Waals surface area contributed by atoms with Crippen LogP contribution in [0.1, 0.15) is 13.8 Å². The van der Waals surface area contributed by atoms with Gasteiger partial charge in [-0.15, -0.1) is 6.58 Å². The number of aliphatic hydroxyl groups excluding tert-OH is 1. The fourth-order valence-electron chi connectivity index (χ4n) is 1.74. The SMILES string of the molecule is C=C(C)C(O)Oc1ccc(-c2ccc(OC=O)cc2)cc1.C=CC. The maximum atomic E-state index is 10.2. The molecule has 0 spiro atoms. The van der Waals surface area contributed by atoms with E-state index in [2.05, 4.69) is 13.2 Å². The third-order valence-electron chi connectivity index (χ3n) is 2.90. The normalized spacial score (nSPS) is 10.6. The molecule has 2 aromatic rings. The lowest BCUT2D eigenvalue weighted by molar-refractivity contribution is -0.120. The van der Waals surface area contributed by atoms with Gasteiger partial charge >= 0.3 is 0 Å². The number of aliphatic hydroxyl groups is 1. The Balaban J connectivity index is 0.000000891. The highest BCUT2D eigenvalue weighted by atomic mass is 16.6. The third kappa shape index (κ3) is 6.10. The molecule has 0 saturated carbocycles. The minimum Gasteiger partial charge on any atom is -0.461 e. The lowest BCUT2D eigenvalue weighted by Gasteiger charge is -2.13. The lowest BCUT2D eigenvalue weighted by atomic mass is 10.1. The first-order valence-corrected chi connectivity index (χ1v) is 7.39. The summed E-state index contributed by atoms with van der Waals surface area (Å²) in [7, 11) is 0. The molecule has 24 heavy (non-hydrogen) atoms. The van der Waals surface area contributed by atoms with Crippen molar-refractivity contribution in [1.29, 1.82) is 0 Å². The van der Waals surface area contributed by atoms with Crippen molar-refractivity contribution >= 4 is 6.47 Å². The van der Waals surface area contributed by atoms with Crippen molar-refractivity contribution in [2.24, 2.45) is 0 Å². The van der Waals surface area contributed by atoms with Crippen molar-refractivity contribution in [2.45, 2.75) is 20.1 Å². The Bertz CT molecular complexity index is 657. The zero-order valence-electron chi connectivity index (χ0n) is 13.9. The number of carbonyl (C=O) groups excluding carboxylic acids is 1. The Morgan fingerprint density at radius 3 is 1.83 bits per heavy atom. The first kappa shape index (κ1) is 19.2. The van der Waals surface area contributed by atoms with Crippen LogP contribution in [-0.2, 0) is 4.79 Å². The lowest BCUT2D eigenvalue weighted by Crippen LogP contribution is -2.15.